The van der Waals surface area contributed by atoms with Crippen LogP contribution in [0.3, 0.4) is 0 Å². The zero-order valence-corrected chi connectivity index (χ0v) is 18.4. The molecular formula is C26H25F3O4. The Bertz CT molecular complexity index is 1030. The van der Waals surface area contributed by atoms with E-state index >= 15 is 4.39 Å². The maximum atomic E-state index is 15.6. The van der Waals surface area contributed by atoms with Crippen LogP contribution in [0.25, 0.3) is 0 Å². The van der Waals surface area contributed by atoms with Gasteiger partial charge in [-0.1, -0.05) is 6.08 Å². The van der Waals surface area contributed by atoms with Gasteiger partial charge in [0, 0.05) is 12.0 Å². The van der Waals surface area contributed by atoms with Crippen molar-refractivity contribution in [3.63, 3.8) is 0 Å². The molecule has 0 amide bonds. The molecule has 0 heterocycles. The first-order valence-corrected chi connectivity index (χ1v) is 10.3. The van der Waals surface area contributed by atoms with Crippen LogP contribution in [0.1, 0.15) is 24.5 Å². The topological polar surface area (TPSA) is 36.9 Å². The Kier molecular flexibility index (Phi) is 7.53. The van der Waals surface area contributed by atoms with Crippen molar-refractivity contribution in [2.45, 2.75) is 25.3 Å². The molecule has 0 aliphatic carbocycles. The average molecular weight is 458 g/mol. The molecular weight excluding hydrogens is 433 g/mol. The number of rotatable bonds is 11. The lowest BCUT2D eigenvalue weighted by Crippen LogP contribution is -2.27. The Balaban J connectivity index is 1.73. The fraction of sp³-hybridized carbons (Fsp3) is 0.231. The molecule has 0 spiro atoms. The monoisotopic (exact) mass is 458 g/mol. The number of benzene rings is 3. The first-order chi connectivity index (χ1) is 15.8. The van der Waals surface area contributed by atoms with E-state index in [4.69, 9.17) is 18.9 Å². The van der Waals surface area contributed by atoms with Gasteiger partial charge in [-0.3, -0.25) is 0 Å². The summed E-state index contributed by atoms with van der Waals surface area (Å²) >= 11 is 0. The van der Waals surface area contributed by atoms with Gasteiger partial charge < -0.3 is 18.9 Å². The van der Waals surface area contributed by atoms with Crippen LogP contribution in [0.4, 0.5) is 13.2 Å². The van der Waals surface area contributed by atoms with Crippen molar-refractivity contribution in [2.75, 3.05) is 13.7 Å². The largest absolute Gasteiger partial charge is 0.497 e. The van der Waals surface area contributed by atoms with E-state index in [2.05, 4.69) is 6.58 Å². The molecule has 0 aromatic heterocycles. The summed E-state index contributed by atoms with van der Waals surface area (Å²) in [5, 5.41) is 0. The van der Waals surface area contributed by atoms with Crippen LogP contribution < -0.4 is 18.9 Å². The summed E-state index contributed by atoms with van der Waals surface area (Å²) in [5.74, 6) is -1.08. The first-order valence-electron chi connectivity index (χ1n) is 10.3. The number of alkyl halides is 3. The summed E-state index contributed by atoms with van der Waals surface area (Å²) in [6, 6.07) is 17.0. The van der Waals surface area contributed by atoms with Crippen LogP contribution in [-0.2, 0) is 12.0 Å². The Labute approximate surface area is 191 Å². The molecule has 3 rings (SSSR count). The molecule has 0 aliphatic rings. The molecule has 7 heteroatoms. The van der Waals surface area contributed by atoms with Gasteiger partial charge >= 0.3 is 6.11 Å². The lowest BCUT2D eigenvalue weighted by Gasteiger charge is -2.26. The third-order valence-corrected chi connectivity index (χ3v) is 4.78. The van der Waals surface area contributed by atoms with E-state index in [1.165, 1.54) is 61.7 Å². The predicted octanol–water partition coefficient (Wildman–Crippen LogP) is 7.00. The Morgan fingerprint density at radius 1 is 0.727 bits per heavy atom. The lowest BCUT2D eigenvalue weighted by molar-refractivity contribution is -0.185. The number of halogens is 3. The van der Waals surface area contributed by atoms with Crippen molar-refractivity contribution in [3.8, 4) is 23.0 Å². The minimum Gasteiger partial charge on any atom is -0.497 e. The van der Waals surface area contributed by atoms with Crippen LogP contribution in [0.5, 0.6) is 23.0 Å². The van der Waals surface area contributed by atoms with Crippen molar-refractivity contribution in [1.82, 2.24) is 0 Å². The van der Waals surface area contributed by atoms with Gasteiger partial charge in [-0.15, -0.1) is 6.58 Å². The first kappa shape index (κ1) is 24.0. The van der Waals surface area contributed by atoms with Gasteiger partial charge in [-0.2, -0.15) is 13.2 Å². The van der Waals surface area contributed by atoms with Crippen LogP contribution in [0.2, 0.25) is 0 Å². The fourth-order valence-corrected chi connectivity index (χ4v) is 3.13. The Morgan fingerprint density at radius 2 is 1.21 bits per heavy atom. The molecule has 3 aromatic carbocycles. The van der Waals surface area contributed by atoms with Crippen LogP contribution in [0, 0.1) is 0 Å². The summed E-state index contributed by atoms with van der Waals surface area (Å²) in [4.78, 5) is 0. The van der Waals surface area contributed by atoms with Gasteiger partial charge in [0.1, 0.15) is 23.0 Å². The van der Waals surface area contributed by atoms with Crippen LogP contribution in [-0.4, -0.2) is 13.7 Å². The summed E-state index contributed by atoms with van der Waals surface area (Å²) in [6.45, 7) is 5.83. The summed E-state index contributed by atoms with van der Waals surface area (Å²) < 4.78 is 65.5. The highest BCUT2D eigenvalue weighted by Crippen LogP contribution is 2.37. The normalized spacial score (nSPS) is 13.0. The van der Waals surface area contributed by atoms with Crippen molar-refractivity contribution in [3.05, 3.63) is 96.6 Å². The number of ether oxygens (including phenoxy) is 4. The van der Waals surface area contributed by atoms with Crippen LogP contribution in [0.15, 0.2) is 85.5 Å². The van der Waals surface area contributed by atoms with Crippen LogP contribution >= 0.6 is 0 Å². The van der Waals surface area contributed by atoms with E-state index in [1.807, 2.05) is 0 Å². The second kappa shape index (κ2) is 10.3. The smallest absolute Gasteiger partial charge is 0.426 e. The molecule has 0 saturated carbocycles. The quantitative estimate of drug-likeness (QED) is 0.290. The van der Waals surface area contributed by atoms with E-state index in [0.29, 0.717) is 18.1 Å². The molecule has 0 fully saturated rings. The van der Waals surface area contributed by atoms with Crippen molar-refractivity contribution in [1.29, 1.82) is 0 Å². The second-order valence-corrected chi connectivity index (χ2v) is 7.10. The molecule has 174 valence electrons. The van der Waals surface area contributed by atoms with Gasteiger partial charge in [0.15, 0.2) is 0 Å². The molecule has 0 bridgehead atoms. The molecule has 0 N–H and O–H groups in total. The number of hydrogen-bond acceptors (Lipinski definition) is 4. The molecule has 0 radical (unpaired) electrons. The van der Waals surface area contributed by atoms with Crippen molar-refractivity contribution >= 4 is 0 Å². The van der Waals surface area contributed by atoms with Gasteiger partial charge in [0.2, 0.25) is 0 Å². The third kappa shape index (κ3) is 6.00. The summed E-state index contributed by atoms with van der Waals surface area (Å²) in [5.41, 5.74) is -0.0508. The van der Waals surface area contributed by atoms with Gasteiger partial charge in [-0.25, -0.2) is 0 Å². The minimum absolute atomic E-state index is 0.0983. The SMILES string of the molecule is C=CCC(F)(Oc1ccc(OC(F)(F)c2ccc(OCC)cc2)cc1)c1ccc(OC)cc1. The maximum absolute atomic E-state index is 15.6. The molecule has 33 heavy (non-hydrogen) atoms. The number of hydrogen-bond donors (Lipinski definition) is 0. The molecule has 0 aliphatic heterocycles. The van der Waals surface area contributed by atoms with Crippen molar-refractivity contribution in [2.24, 2.45) is 0 Å². The van der Waals surface area contributed by atoms with E-state index in [9.17, 15) is 8.78 Å². The molecule has 1 unspecified atom stereocenters. The highest BCUT2D eigenvalue weighted by molar-refractivity contribution is 5.36. The predicted molar refractivity (Wildman–Crippen MR) is 120 cm³/mol. The molecule has 1 atom stereocenters. The fourth-order valence-electron chi connectivity index (χ4n) is 3.13. The van der Waals surface area contributed by atoms with E-state index in [1.54, 1.807) is 31.2 Å². The summed E-state index contributed by atoms with van der Waals surface area (Å²) in [6.07, 6.45) is -2.28. The van der Waals surface area contributed by atoms with E-state index < -0.39 is 12.0 Å². The highest BCUT2D eigenvalue weighted by Gasteiger charge is 2.35. The molecule has 4 nitrogen and oxygen atoms in total. The maximum Gasteiger partial charge on any atom is 0.426 e. The zero-order valence-electron chi connectivity index (χ0n) is 18.4. The highest BCUT2D eigenvalue weighted by atomic mass is 19.3. The molecule has 3 aromatic rings. The van der Waals surface area contributed by atoms with Crippen molar-refractivity contribution < 1.29 is 32.1 Å². The lowest BCUT2D eigenvalue weighted by atomic mass is 10.0. The summed E-state index contributed by atoms with van der Waals surface area (Å²) in [7, 11) is 1.51. The third-order valence-electron chi connectivity index (χ3n) is 4.78. The zero-order chi connectivity index (χ0) is 23.9. The Hall–Kier alpha value is -3.61. The number of methoxy groups -OCH3 is 1. The standard InChI is InChI=1S/C26H25F3O4/c1-4-18-25(27,19-6-10-21(30-3)11-7-19)32-23-14-16-24(17-15-23)33-26(28,29)20-8-12-22(13-9-20)31-5-2/h4,6-17H,1,5,18H2,2-3H3. The van der Waals surface area contributed by atoms with Gasteiger partial charge in [0.25, 0.3) is 5.85 Å². The van der Waals surface area contributed by atoms with Gasteiger partial charge in [0.05, 0.1) is 19.3 Å². The minimum atomic E-state index is -3.57. The average Bonchev–Trinajstić information content (AvgIpc) is 2.81. The molecule has 0 saturated heterocycles. The second-order valence-electron chi connectivity index (χ2n) is 7.10. The Morgan fingerprint density at radius 3 is 1.73 bits per heavy atom. The van der Waals surface area contributed by atoms with E-state index in [0.717, 1.165) is 0 Å². The van der Waals surface area contributed by atoms with E-state index in [-0.39, 0.29) is 29.0 Å². The van der Waals surface area contributed by atoms with Gasteiger partial charge in [-0.05, 0) is 79.7 Å².